The fourth-order valence-electron chi connectivity index (χ4n) is 2.83. The van der Waals surface area contributed by atoms with Gasteiger partial charge >= 0.3 is 0 Å². The Morgan fingerprint density at radius 2 is 1.86 bits per heavy atom. The molecule has 3 rings (SSSR count). The molecule has 0 saturated carbocycles. The van der Waals surface area contributed by atoms with Gasteiger partial charge in [-0.25, -0.2) is 4.99 Å². The van der Waals surface area contributed by atoms with E-state index in [1.807, 2.05) is 42.3 Å². The van der Waals surface area contributed by atoms with Crippen LogP contribution in [0.2, 0.25) is 0 Å². The molecule has 0 radical (unpaired) electrons. The number of amides is 1. The van der Waals surface area contributed by atoms with Crippen LogP contribution in [-0.2, 0) is 4.79 Å². The summed E-state index contributed by atoms with van der Waals surface area (Å²) >= 11 is 0. The highest BCUT2D eigenvalue weighted by atomic mass is 16.3. The fourth-order valence-corrected chi connectivity index (χ4v) is 2.83. The lowest BCUT2D eigenvalue weighted by Crippen LogP contribution is -2.26. The number of carbonyl (C=O) groups is 1. The van der Waals surface area contributed by atoms with Gasteiger partial charge < -0.3 is 15.1 Å². The van der Waals surface area contributed by atoms with E-state index < -0.39 is 0 Å². The number of aliphatic imine (C=N–C) groups is 1. The minimum atomic E-state index is -0.169. The monoisotopic (exact) mass is 377 g/mol. The van der Waals surface area contributed by atoms with Crippen molar-refractivity contribution in [2.75, 3.05) is 32.1 Å². The molecule has 0 unspecified atom stereocenters. The number of aliphatic hydroxyl groups is 1. The Morgan fingerprint density at radius 1 is 1.11 bits per heavy atom. The van der Waals surface area contributed by atoms with Crippen LogP contribution in [0, 0.1) is 0 Å². The molecule has 2 aromatic rings. The van der Waals surface area contributed by atoms with E-state index in [0.29, 0.717) is 18.1 Å². The molecule has 1 heterocycles. The van der Waals surface area contributed by atoms with Gasteiger partial charge in [0.1, 0.15) is 17.3 Å². The van der Waals surface area contributed by atoms with Crippen LogP contribution in [0.1, 0.15) is 11.1 Å². The Labute approximate surface area is 164 Å². The van der Waals surface area contributed by atoms with Gasteiger partial charge in [-0.15, -0.1) is 0 Å². The molecular weight excluding hydrogens is 354 g/mol. The molecule has 1 aliphatic rings. The molecule has 2 aromatic carbocycles. The standard InChI is InChI=1S/C22H23N3O3/c1-24(12-13-26)18-9-6-17(7-10-18)15-20-22(28)25(2)21(23-20)11-8-16-4-3-5-19(27)14-16/h3-11,14-15,26-27H,12-13H2,1-2H3/b11-8+,20-15+. The van der Waals surface area contributed by atoms with Crippen molar-refractivity contribution in [2.24, 2.45) is 4.99 Å². The van der Waals surface area contributed by atoms with E-state index in [1.165, 1.54) is 4.90 Å². The second kappa shape index (κ2) is 8.54. The van der Waals surface area contributed by atoms with Gasteiger partial charge in [-0.2, -0.15) is 0 Å². The van der Waals surface area contributed by atoms with Crippen molar-refractivity contribution in [1.82, 2.24) is 4.90 Å². The van der Waals surface area contributed by atoms with Crippen LogP contribution in [-0.4, -0.2) is 54.1 Å². The minimum Gasteiger partial charge on any atom is -0.508 e. The highest BCUT2D eigenvalue weighted by Crippen LogP contribution is 2.21. The maximum atomic E-state index is 12.5. The molecule has 1 amide bonds. The van der Waals surface area contributed by atoms with Crippen molar-refractivity contribution < 1.29 is 15.0 Å². The summed E-state index contributed by atoms with van der Waals surface area (Å²) in [5.74, 6) is 0.560. The summed E-state index contributed by atoms with van der Waals surface area (Å²) in [7, 11) is 3.59. The van der Waals surface area contributed by atoms with Crippen LogP contribution in [0.3, 0.4) is 0 Å². The molecule has 0 fully saturated rings. The maximum Gasteiger partial charge on any atom is 0.277 e. The van der Waals surface area contributed by atoms with E-state index >= 15 is 0 Å². The number of benzene rings is 2. The molecule has 1 aliphatic heterocycles. The summed E-state index contributed by atoms with van der Waals surface area (Å²) < 4.78 is 0. The predicted molar refractivity (Wildman–Crippen MR) is 112 cm³/mol. The average Bonchev–Trinajstić information content (AvgIpc) is 2.95. The largest absolute Gasteiger partial charge is 0.508 e. The molecule has 6 nitrogen and oxygen atoms in total. The number of aromatic hydroxyl groups is 1. The van der Waals surface area contributed by atoms with Crippen molar-refractivity contribution in [3.05, 3.63) is 71.4 Å². The molecule has 0 atom stereocenters. The van der Waals surface area contributed by atoms with E-state index in [-0.39, 0.29) is 18.3 Å². The topological polar surface area (TPSA) is 76.4 Å². The van der Waals surface area contributed by atoms with E-state index in [4.69, 9.17) is 5.11 Å². The number of amidine groups is 1. The Balaban J connectivity index is 1.79. The molecule has 144 valence electrons. The van der Waals surface area contributed by atoms with Crippen LogP contribution in [0.15, 0.2) is 65.3 Å². The van der Waals surface area contributed by atoms with Gasteiger partial charge in [-0.3, -0.25) is 9.69 Å². The fraction of sp³-hybridized carbons (Fsp3) is 0.182. The zero-order valence-electron chi connectivity index (χ0n) is 15.9. The highest BCUT2D eigenvalue weighted by Gasteiger charge is 2.25. The number of hydrogen-bond acceptors (Lipinski definition) is 5. The van der Waals surface area contributed by atoms with Gasteiger partial charge in [-0.05, 0) is 47.5 Å². The Hall–Kier alpha value is -3.38. The third-order valence-electron chi connectivity index (χ3n) is 4.47. The van der Waals surface area contributed by atoms with Crippen LogP contribution >= 0.6 is 0 Å². The van der Waals surface area contributed by atoms with Crippen LogP contribution in [0.5, 0.6) is 5.75 Å². The number of hydrogen-bond donors (Lipinski definition) is 2. The summed E-state index contributed by atoms with van der Waals surface area (Å²) in [6.45, 7) is 0.652. The van der Waals surface area contributed by atoms with Gasteiger partial charge in [0.15, 0.2) is 0 Å². The Kier molecular flexibility index (Phi) is 5.91. The number of rotatable bonds is 6. The molecule has 0 spiro atoms. The molecule has 0 saturated heterocycles. The van der Waals surface area contributed by atoms with Crippen LogP contribution in [0.4, 0.5) is 5.69 Å². The quantitative estimate of drug-likeness (QED) is 0.759. The molecule has 2 N–H and O–H groups in total. The number of nitrogens with zero attached hydrogens (tertiary/aromatic N) is 3. The number of carbonyl (C=O) groups excluding carboxylic acids is 1. The zero-order valence-corrected chi connectivity index (χ0v) is 15.9. The smallest absolute Gasteiger partial charge is 0.277 e. The second-order valence-electron chi connectivity index (χ2n) is 6.53. The van der Waals surface area contributed by atoms with Gasteiger partial charge in [0.05, 0.1) is 6.61 Å². The summed E-state index contributed by atoms with van der Waals surface area (Å²) in [5.41, 5.74) is 3.06. The average molecular weight is 377 g/mol. The predicted octanol–water partition coefficient (Wildman–Crippen LogP) is 2.75. The lowest BCUT2D eigenvalue weighted by Gasteiger charge is -2.17. The first-order valence-electron chi connectivity index (χ1n) is 8.95. The van der Waals surface area contributed by atoms with E-state index in [1.54, 1.807) is 43.5 Å². The van der Waals surface area contributed by atoms with E-state index in [2.05, 4.69) is 4.99 Å². The van der Waals surface area contributed by atoms with Crippen molar-refractivity contribution >= 4 is 29.6 Å². The summed E-state index contributed by atoms with van der Waals surface area (Å²) in [5, 5.41) is 18.6. The number of aliphatic hydroxyl groups excluding tert-OH is 1. The molecule has 6 heteroatoms. The molecular formula is C22H23N3O3. The first-order chi connectivity index (χ1) is 13.5. The summed E-state index contributed by atoms with van der Waals surface area (Å²) in [4.78, 5) is 20.4. The first kappa shape index (κ1) is 19.4. The van der Waals surface area contributed by atoms with Crippen molar-refractivity contribution in [2.45, 2.75) is 0 Å². The zero-order chi connectivity index (χ0) is 20.1. The minimum absolute atomic E-state index is 0.0940. The van der Waals surface area contributed by atoms with E-state index in [9.17, 15) is 9.90 Å². The van der Waals surface area contributed by atoms with Gasteiger partial charge in [0.25, 0.3) is 5.91 Å². The molecule has 0 aromatic heterocycles. The highest BCUT2D eigenvalue weighted by molar-refractivity contribution is 6.18. The molecule has 0 bridgehead atoms. The van der Waals surface area contributed by atoms with Crippen molar-refractivity contribution in [3.8, 4) is 5.75 Å². The van der Waals surface area contributed by atoms with Crippen LogP contribution < -0.4 is 4.90 Å². The third-order valence-corrected chi connectivity index (χ3v) is 4.47. The molecule has 28 heavy (non-hydrogen) atoms. The van der Waals surface area contributed by atoms with Crippen molar-refractivity contribution in [3.63, 3.8) is 0 Å². The first-order valence-corrected chi connectivity index (χ1v) is 8.95. The van der Waals surface area contributed by atoms with E-state index in [0.717, 1.165) is 16.8 Å². The number of phenolic OH excluding ortho intramolecular Hbond substituents is 1. The van der Waals surface area contributed by atoms with Crippen molar-refractivity contribution in [1.29, 1.82) is 0 Å². The van der Waals surface area contributed by atoms with Gasteiger partial charge in [0.2, 0.25) is 0 Å². The van der Waals surface area contributed by atoms with Crippen LogP contribution in [0.25, 0.3) is 12.2 Å². The Bertz CT molecular complexity index is 946. The Morgan fingerprint density at radius 3 is 2.54 bits per heavy atom. The summed E-state index contributed by atoms with van der Waals surface area (Å²) in [6, 6.07) is 14.6. The lowest BCUT2D eigenvalue weighted by molar-refractivity contribution is -0.121. The number of likely N-dealkylation sites (N-methyl/N-ethyl adjacent to an activating group) is 2. The number of anilines is 1. The SMILES string of the molecule is CN1C(=O)/C(=C\c2ccc(N(C)CCO)cc2)N=C1/C=C/c1cccc(O)c1. The molecule has 0 aliphatic carbocycles. The second-order valence-corrected chi connectivity index (χ2v) is 6.53. The van der Waals surface area contributed by atoms with Gasteiger partial charge in [-0.1, -0.05) is 30.3 Å². The summed E-state index contributed by atoms with van der Waals surface area (Å²) in [6.07, 6.45) is 5.31. The lowest BCUT2D eigenvalue weighted by atomic mass is 10.1. The maximum absolute atomic E-state index is 12.5. The third kappa shape index (κ3) is 4.47. The van der Waals surface area contributed by atoms with Gasteiger partial charge in [0, 0.05) is 26.3 Å². The normalized spacial score (nSPS) is 15.5. The number of phenols is 1.